The first-order valence-electron chi connectivity index (χ1n) is 7.44. The summed E-state index contributed by atoms with van der Waals surface area (Å²) in [5.74, 6) is 0.538. The highest BCUT2D eigenvalue weighted by Crippen LogP contribution is 2.19. The lowest BCUT2D eigenvalue weighted by Crippen LogP contribution is -2.34. The van der Waals surface area contributed by atoms with Gasteiger partial charge < -0.3 is 5.32 Å². The molecule has 0 saturated heterocycles. The molecule has 0 aliphatic carbocycles. The predicted octanol–water partition coefficient (Wildman–Crippen LogP) is 4.40. The summed E-state index contributed by atoms with van der Waals surface area (Å²) in [4.78, 5) is 0. The largest absolute Gasteiger partial charge is 0.314 e. The molecule has 108 valence electrons. The van der Waals surface area contributed by atoms with Gasteiger partial charge in [0.15, 0.2) is 0 Å². The molecule has 0 bridgehead atoms. The van der Waals surface area contributed by atoms with Gasteiger partial charge in [-0.15, -0.1) is 0 Å². The van der Waals surface area contributed by atoms with Crippen LogP contribution in [0.15, 0.2) is 12.1 Å². The molecule has 1 N–H and O–H groups in total. The Bertz CT molecular complexity index is 375. The number of rotatable bonds is 7. The Labute approximate surface area is 117 Å². The number of hydrogen-bond acceptors (Lipinski definition) is 1. The fourth-order valence-corrected chi connectivity index (χ4v) is 2.56. The number of aryl methyl sites for hydroxylation is 2. The smallest absolute Gasteiger partial charge is 0.126 e. The molecule has 1 aromatic rings. The van der Waals surface area contributed by atoms with E-state index in [1.807, 2.05) is 13.8 Å². The van der Waals surface area contributed by atoms with Gasteiger partial charge in [0.25, 0.3) is 0 Å². The minimum absolute atomic E-state index is 0.0458. The molecule has 1 aromatic carbocycles. The van der Waals surface area contributed by atoms with E-state index in [0.717, 1.165) is 42.5 Å². The summed E-state index contributed by atoms with van der Waals surface area (Å²) in [6.07, 6.45) is 2.96. The first-order valence-corrected chi connectivity index (χ1v) is 7.44. The fourth-order valence-electron chi connectivity index (χ4n) is 2.56. The van der Waals surface area contributed by atoms with Crippen LogP contribution in [0.1, 0.15) is 50.3 Å². The van der Waals surface area contributed by atoms with E-state index < -0.39 is 0 Å². The standard InChI is InChI=1S/C17H28FN/c1-6-9-19-17(12(2)3)8-7-15-14(5)10-13(4)11-16(15)18/h10-12,17,19H,6-9H2,1-5H3. The maximum atomic E-state index is 14.0. The monoisotopic (exact) mass is 265 g/mol. The van der Waals surface area contributed by atoms with E-state index in [4.69, 9.17) is 0 Å². The Morgan fingerprint density at radius 3 is 2.42 bits per heavy atom. The summed E-state index contributed by atoms with van der Waals surface area (Å²) >= 11 is 0. The van der Waals surface area contributed by atoms with Gasteiger partial charge in [-0.2, -0.15) is 0 Å². The summed E-state index contributed by atoms with van der Waals surface area (Å²) in [5, 5.41) is 3.57. The van der Waals surface area contributed by atoms with Gasteiger partial charge in [-0.1, -0.05) is 26.8 Å². The third kappa shape index (κ3) is 4.94. The molecule has 1 nitrogen and oxygen atoms in total. The number of halogens is 1. The average molecular weight is 265 g/mol. The lowest BCUT2D eigenvalue weighted by Gasteiger charge is -2.23. The zero-order chi connectivity index (χ0) is 14.4. The summed E-state index contributed by atoms with van der Waals surface area (Å²) in [5.41, 5.74) is 2.97. The molecule has 1 atom stereocenters. The van der Waals surface area contributed by atoms with Crippen molar-refractivity contribution >= 4 is 0 Å². The Balaban J connectivity index is 2.69. The van der Waals surface area contributed by atoms with Crippen LogP contribution in [0.3, 0.4) is 0 Å². The predicted molar refractivity (Wildman–Crippen MR) is 81.1 cm³/mol. The Hall–Kier alpha value is -0.890. The van der Waals surface area contributed by atoms with Gasteiger partial charge in [0, 0.05) is 6.04 Å². The van der Waals surface area contributed by atoms with Crippen molar-refractivity contribution in [2.24, 2.45) is 5.92 Å². The van der Waals surface area contributed by atoms with Crippen molar-refractivity contribution in [1.29, 1.82) is 0 Å². The van der Waals surface area contributed by atoms with Gasteiger partial charge in [-0.3, -0.25) is 0 Å². The van der Waals surface area contributed by atoms with Gasteiger partial charge in [-0.05, 0) is 68.3 Å². The number of nitrogens with one attached hydrogen (secondary N) is 1. The second-order valence-corrected chi connectivity index (χ2v) is 5.89. The fraction of sp³-hybridized carbons (Fsp3) is 0.647. The third-order valence-corrected chi connectivity index (χ3v) is 3.73. The van der Waals surface area contributed by atoms with E-state index in [9.17, 15) is 4.39 Å². The molecule has 0 fully saturated rings. The first-order chi connectivity index (χ1) is 8.95. The van der Waals surface area contributed by atoms with Crippen LogP contribution in [0.4, 0.5) is 4.39 Å². The maximum Gasteiger partial charge on any atom is 0.126 e. The topological polar surface area (TPSA) is 12.0 Å². The van der Waals surface area contributed by atoms with Gasteiger partial charge in [0.1, 0.15) is 5.82 Å². The number of benzene rings is 1. The zero-order valence-electron chi connectivity index (χ0n) is 13.0. The Morgan fingerprint density at radius 2 is 1.89 bits per heavy atom. The maximum absolute atomic E-state index is 14.0. The van der Waals surface area contributed by atoms with Gasteiger partial charge >= 0.3 is 0 Å². The van der Waals surface area contributed by atoms with Crippen molar-refractivity contribution in [3.63, 3.8) is 0 Å². The van der Waals surface area contributed by atoms with Crippen molar-refractivity contribution in [2.75, 3.05) is 6.54 Å². The normalized spacial score (nSPS) is 13.0. The SMILES string of the molecule is CCCNC(CCc1c(C)cc(C)cc1F)C(C)C. The van der Waals surface area contributed by atoms with Crippen LogP contribution in [-0.2, 0) is 6.42 Å². The molecular formula is C17H28FN. The highest BCUT2D eigenvalue weighted by molar-refractivity contribution is 5.32. The molecule has 1 rings (SSSR count). The molecule has 0 radical (unpaired) electrons. The molecule has 0 spiro atoms. The summed E-state index contributed by atoms with van der Waals surface area (Å²) in [6.45, 7) is 11.6. The van der Waals surface area contributed by atoms with E-state index >= 15 is 0 Å². The van der Waals surface area contributed by atoms with Gasteiger partial charge in [0.05, 0.1) is 0 Å². The second-order valence-electron chi connectivity index (χ2n) is 5.89. The Morgan fingerprint density at radius 1 is 1.21 bits per heavy atom. The molecule has 2 heteroatoms. The van der Waals surface area contributed by atoms with Crippen LogP contribution in [0.2, 0.25) is 0 Å². The molecule has 0 aliphatic heterocycles. The quantitative estimate of drug-likeness (QED) is 0.770. The van der Waals surface area contributed by atoms with Crippen molar-refractivity contribution < 1.29 is 4.39 Å². The van der Waals surface area contributed by atoms with Crippen molar-refractivity contribution in [3.8, 4) is 0 Å². The lowest BCUT2D eigenvalue weighted by molar-refractivity contribution is 0.376. The summed E-state index contributed by atoms with van der Waals surface area (Å²) in [7, 11) is 0. The van der Waals surface area contributed by atoms with Crippen LogP contribution in [-0.4, -0.2) is 12.6 Å². The summed E-state index contributed by atoms with van der Waals surface area (Å²) in [6, 6.07) is 4.19. The van der Waals surface area contributed by atoms with Crippen LogP contribution in [0.5, 0.6) is 0 Å². The van der Waals surface area contributed by atoms with Crippen LogP contribution in [0, 0.1) is 25.6 Å². The van der Waals surface area contributed by atoms with Crippen LogP contribution in [0.25, 0.3) is 0 Å². The van der Waals surface area contributed by atoms with Crippen LogP contribution >= 0.6 is 0 Å². The van der Waals surface area contributed by atoms with Crippen molar-refractivity contribution in [1.82, 2.24) is 5.32 Å². The molecule has 0 amide bonds. The van der Waals surface area contributed by atoms with E-state index in [2.05, 4.69) is 32.2 Å². The lowest BCUT2D eigenvalue weighted by atomic mass is 9.94. The average Bonchev–Trinajstić information content (AvgIpc) is 2.31. The highest BCUT2D eigenvalue weighted by atomic mass is 19.1. The minimum atomic E-state index is -0.0458. The molecule has 1 unspecified atom stereocenters. The van der Waals surface area contributed by atoms with E-state index in [-0.39, 0.29) is 5.82 Å². The van der Waals surface area contributed by atoms with E-state index in [1.54, 1.807) is 6.07 Å². The van der Waals surface area contributed by atoms with Crippen molar-refractivity contribution in [3.05, 3.63) is 34.6 Å². The second kappa shape index (κ2) is 7.64. The van der Waals surface area contributed by atoms with Gasteiger partial charge in [0.2, 0.25) is 0 Å². The molecular weight excluding hydrogens is 237 g/mol. The minimum Gasteiger partial charge on any atom is -0.314 e. The first kappa shape index (κ1) is 16.2. The zero-order valence-corrected chi connectivity index (χ0v) is 13.0. The third-order valence-electron chi connectivity index (χ3n) is 3.73. The molecule has 0 aromatic heterocycles. The van der Waals surface area contributed by atoms with Crippen molar-refractivity contribution in [2.45, 2.75) is 59.9 Å². The molecule has 0 saturated carbocycles. The van der Waals surface area contributed by atoms with E-state index in [0.29, 0.717) is 12.0 Å². The van der Waals surface area contributed by atoms with Crippen LogP contribution < -0.4 is 5.32 Å². The highest BCUT2D eigenvalue weighted by Gasteiger charge is 2.14. The van der Waals surface area contributed by atoms with E-state index in [1.165, 1.54) is 0 Å². The molecule has 0 aliphatic rings. The van der Waals surface area contributed by atoms with Gasteiger partial charge in [-0.25, -0.2) is 4.39 Å². The summed E-state index contributed by atoms with van der Waals surface area (Å²) < 4.78 is 14.0. The molecule has 19 heavy (non-hydrogen) atoms. The Kier molecular flexibility index (Phi) is 6.50. The molecule has 0 heterocycles. The number of hydrogen-bond donors (Lipinski definition) is 1.